The molecule has 110 valence electrons. The number of nitrogens with zero attached hydrogens (tertiary/aromatic N) is 1. The second-order valence-electron chi connectivity index (χ2n) is 5.17. The second-order valence-corrected chi connectivity index (χ2v) is 5.17. The molecule has 0 unspecified atom stereocenters. The summed E-state index contributed by atoms with van der Waals surface area (Å²) in [7, 11) is 1.42. The van der Waals surface area contributed by atoms with Crippen molar-refractivity contribution in [2.75, 3.05) is 7.11 Å². The van der Waals surface area contributed by atoms with Crippen LogP contribution in [0.3, 0.4) is 0 Å². The molecule has 1 aromatic heterocycles. The van der Waals surface area contributed by atoms with E-state index >= 15 is 0 Å². The van der Waals surface area contributed by atoms with E-state index in [-0.39, 0.29) is 5.97 Å². The Hall–Kier alpha value is -2.68. The van der Waals surface area contributed by atoms with Gasteiger partial charge in [0.2, 0.25) is 0 Å². The smallest absolute Gasteiger partial charge is 0.305 e. The van der Waals surface area contributed by atoms with Crippen LogP contribution in [0.5, 0.6) is 0 Å². The van der Waals surface area contributed by atoms with Gasteiger partial charge in [0, 0.05) is 24.4 Å². The molecule has 3 heteroatoms. The van der Waals surface area contributed by atoms with Crippen molar-refractivity contribution in [2.45, 2.75) is 12.8 Å². The van der Waals surface area contributed by atoms with Gasteiger partial charge in [-0.15, -0.1) is 0 Å². The number of ether oxygens (including phenoxy) is 1. The lowest BCUT2D eigenvalue weighted by atomic mass is 9.97. The minimum absolute atomic E-state index is 0.193. The third-order valence-corrected chi connectivity index (χ3v) is 3.80. The van der Waals surface area contributed by atoms with E-state index in [9.17, 15) is 4.79 Å². The van der Waals surface area contributed by atoms with Gasteiger partial charge in [0.1, 0.15) is 0 Å². The van der Waals surface area contributed by atoms with Crippen LogP contribution in [0.2, 0.25) is 0 Å². The number of rotatable bonds is 4. The van der Waals surface area contributed by atoms with Crippen LogP contribution in [0.25, 0.3) is 21.9 Å². The summed E-state index contributed by atoms with van der Waals surface area (Å²) in [6.07, 6.45) is 4.65. The summed E-state index contributed by atoms with van der Waals surface area (Å²) < 4.78 is 4.72. The number of hydrogen-bond donors (Lipinski definition) is 0. The van der Waals surface area contributed by atoms with Crippen LogP contribution in [0.4, 0.5) is 0 Å². The van der Waals surface area contributed by atoms with Gasteiger partial charge in [0.05, 0.1) is 7.11 Å². The maximum atomic E-state index is 11.4. The van der Waals surface area contributed by atoms with E-state index in [2.05, 4.69) is 35.3 Å². The van der Waals surface area contributed by atoms with Crippen LogP contribution in [-0.2, 0) is 16.0 Å². The highest BCUT2D eigenvalue weighted by Crippen LogP contribution is 2.27. The Morgan fingerprint density at radius 2 is 1.91 bits per heavy atom. The van der Waals surface area contributed by atoms with Crippen molar-refractivity contribution >= 4 is 16.7 Å². The number of carbonyl (C=O) groups excluding carboxylic acids is 1. The van der Waals surface area contributed by atoms with E-state index in [1.54, 1.807) is 6.20 Å². The van der Waals surface area contributed by atoms with Crippen LogP contribution >= 0.6 is 0 Å². The first kappa shape index (κ1) is 14.3. The fraction of sp³-hybridized carbons (Fsp3) is 0.158. The predicted octanol–water partition coefficient (Wildman–Crippen LogP) is 4.01. The number of esters is 1. The molecule has 3 aromatic rings. The first-order valence-corrected chi connectivity index (χ1v) is 7.27. The SMILES string of the molecule is COC(=O)CCc1ccncc1-c1ccc2ccccc2c1. The fourth-order valence-electron chi connectivity index (χ4n) is 2.60. The summed E-state index contributed by atoms with van der Waals surface area (Å²) in [5.74, 6) is -0.193. The van der Waals surface area contributed by atoms with E-state index in [1.807, 2.05) is 24.4 Å². The molecule has 0 N–H and O–H groups in total. The van der Waals surface area contributed by atoms with Gasteiger partial charge in [0.25, 0.3) is 0 Å². The van der Waals surface area contributed by atoms with Gasteiger partial charge >= 0.3 is 5.97 Å². The molecule has 22 heavy (non-hydrogen) atoms. The summed E-state index contributed by atoms with van der Waals surface area (Å²) in [6, 6.07) is 16.6. The topological polar surface area (TPSA) is 39.2 Å². The van der Waals surface area contributed by atoms with Crippen LogP contribution < -0.4 is 0 Å². The molecule has 3 nitrogen and oxygen atoms in total. The van der Waals surface area contributed by atoms with Crippen molar-refractivity contribution in [1.29, 1.82) is 0 Å². The normalized spacial score (nSPS) is 10.6. The molecule has 0 saturated carbocycles. The molecule has 0 aliphatic heterocycles. The minimum Gasteiger partial charge on any atom is -0.469 e. The Labute approximate surface area is 129 Å². The molecule has 2 aromatic carbocycles. The van der Waals surface area contributed by atoms with Crippen molar-refractivity contribution in [3.8, 4) is 11.1 Å². The quantitative estimate of drug-likeness (QED) is 0.682. The largest absolute Gasteiger partial charge is 0.469 e. The third-order valence-electron chi connectivity index (χ3n) is 3.80. The Balaban J connectivity index is 1.97. The minimum atomic E-state index is -0.193. The van der Waals surface area contributed by atoms with Gasteiger partial charge in [-0.25, -0.2) is 0 Å². The molecule has 0 aliphatic carbocycles. The number of hydrogen-bond acceptors (Lipinski definition) is 3. The van der Waals surface area contributed by atoms with Crippen molar-refractivity contribution in [2.24, 2.45) is 0 Å². The standard InChI is InChI=1S/C19H17NO2/c1-22-19(21)9-8-15-10-11-20-13-18(15)17-7-6-14-4-2-3-5-16(14)12-17/h2-7,10-13H,8-9H2,1H3. The number of benzene rings is 2. The second kappa shape index (κ2) is 6.39. The highest BCUT2D eigenvalue weighted by atomic mass is 16.5. The zero-order valence-corrected chi connectivity index (χ0v) is 12.5. The van der Waals surface area contributed by atoms with Crippen LogP contribution in [-0.4, -0.2) is 18.1 Å². The monoisotopic (exact) mass is 291 g/mol. The number of methoxy groups -OCH3 is 1. The van der Waals surface area contributed by atoms with Crippen LogP contribution in [0.15, 0.2) is 60.9 Å². The van der Waals surface area contributed by atoms with Crippen LogP contribution in [0, 0.1) is 0 Å². The van der Waals surface area contributed by atoms with Gasteiger partial charge in [0.15, 0.2) is 0 Å². The summed E-state index contributed by atoms with van der Waals surface area (Å²) in [5, 5.41) is 2.41. The van der Waals surface area contributed by atoms with E-state index in [0.29, 0.717) is 12.8 Å². The Kier molecular flexibility index (Phi) is 4.15. The van der Waals surface area contributed by atoms with Gasteiger partial charge in [-0.3, -0.25) is 9.78 Å². The highest BCUT2D eigenvalue weighted by Gasteiger charge is 2.08. The van der Waals surface area contributed by atoms with Gasteiger partial charge < -0.3 is 4.74 Å². The lowest BCUT2D eigenvalue weighted by molar-refractivity contribution is -0.140. The molecule has 1 heterocycles. The number of fused-ring (bicyclic) bond motifs is 1. The molecule has 0 saturated heterocycles. The molecule has 0 fully saturated rings. The Bertz CT molecular complexity index is 811. The lowest BCUT2D eigenvalue weighted by Gasteiger charge is -2.10. The molecule has 0 bridgehead atoms. The maximum absolute atomic E-state index is 11.4. The van der Waals surface area contributed by atoms with E-state index in [4.69, 9.17) is 4.74 Å². The molecule has 0 aliphatic rings. The first-order valence-electron chi connectivity index (χ1n) is 7.27. The molecule has 0 radical (unpaired) electrons. The zero-order valence-electron chi connectivity index (χ0n) is 12.5. The summed E-state index contributed by atoms with van der Waals surface area (Å²) in [6.45, 7) is 0. The number of aryl methyl sites for hydroxylation is 1. The van der Waals surface area contributed by atoms with E-state index in [0.717, 1.165) is 16.7 Å². The predicted molar refractivity (Wildman–Crippen MR) is 87.5 cm³/mol. The number of aromatic nitrogens is 1. The van der Waals surface area contributed by atoms with Gasteiger partial charge in [-0.1, -0.05) is 36.4 Å². The highest BCUT2D eigenvalue weighted by molar-refractivity contribution is 5.87. The van der Waals surface area contributed by atoms with E-state index in [1.165, 1.54) is 17.9 Å². The van der Waals surface area contributed by atoms with Crippen molar-refractivity contribution < 1.29 is 9.53 Å². The summed E-state index contributed by atoms with van der Waals surface area (Å²) in [5.41, 5.74) is 3.29. The lowest BCUT2D eigenvalue weighted by Crippen LogP contribution is -2.03. The molecule has 3 rings (SSSR count). The first-order chi connectivity index (χ1) is 10.8. The third kappa shape index (κ3) is 2.98. The van der Waals surface area contributed by atoms with Crippen molar-refractivity contribution in [3.63, 3.8) is 0 Å². The average Bonchev–Trinajstić information content (AvgIpc) is 2.59. The summed E-state index contributed by atoms with van der Waals surface area (Å²) >= 11 is 0. The molecular formula is C19H17NO2. The number of carbonyl (C=O) groups is 1. The average molecular weight is 291 g/mol. The van der Waals surface area contributed by atoms with Gasteiger partial charge in [-0.05, 0) is 40.5 Å². The zero-order chi connectivity index (χ0) is 15.4. The molecule has 0 atom stereocenters. The van der Waals surface area contributed by atoms with Crippen molar-refractivity contribution in [3.05, 3.63) is 66.5 Å². The molecular weight excluding hydrogens is 274 g/mol. The van der Waals surface area contributed by atoms with Crippen LogP contribution in [0.1, 0.15) is 12.0 Å². The summed E-state index contributed by atoms with van der Waals surface area (Å²) in [4.78, 5) is 15.6. The van der Waals surface area contributed by atoms with Crippen molar-refractivity contribution in [1.82, 2.24) is 4.98 Å². The number of pyridine rings is 1. The Morgan fingerprint density at radius 3 is 2.73 bits per heavy atom. The molecule has 0 amide bonds. The maximum Gasteiger partial charge on any atom is 0.305 e. The Morgan fingerprint density at radius 1 is 1.09 bits per heavy atom. The van der Waals surface area contributed by atoms with E-state index < -0.39 is 0 Å². The fourth-order valence-corrected chi connectivity index (χ4v) is 2.60. The van der Waals surface area contributed by atoms with Gasteiger partial charge in [-0.2, -0.15) is 0 Å². The molecule has 0 spiro atoms.